The Morgan fingerprint density at radius 3 is 2.56 bits per heavy atom. The van der Waals surface area contributed by atoms with E-state index in [9.17, 15) is 4.79 Å². The zero-order valence-electron chi connectivity index (χ0n) is 11.5. The van der Waals surface area contributed by atoms with Gasteiger partial charge in [-0.15, -0.1) is 0 Å². The van der Waals surface area contributed by atoms with Gasteiger partial charge in [-0.25, -0.2) is 0 Å². The van der Waals surface area contributed by atoms with Crippen molar-refractivity contribution < 1.29 is 4.79 Å². The van der Waals surface area contributed by atoms with Gasteiger partial charge in [0.05, 0.1) is 0 Å². The average molecular weight is 251 g/mol. The molecule has 102 valence electrons. The van der Waals surface area contributed by atoms with Gasteiger partial charge in [0.15, 0.2) is 0 Å². The summed E-state index contributed by atoms with van der Waals surface area (Å²) in [5.74, 6) is 0.923. The second-order valence-electron chi connectivity index (χ2n) is 4.90. The van der Waals surface area contributed by atoms with E-state index in [2.05, 4.69) is 10.3 Å². The molecule has 0 saturated heterocycles. The summed E-state index contributed by atoms with van der Waals surface area (Å²) in [6.45, 7) is 2.78. The van der Waals surface area contributed by atoms with Crippen LogP contribution in [0.25, 0.3) is 0 Å². The van der Waals surface area contributed by atoms with Gasteiger partial charge in [-0.05, 0) is 50.6 Å². The number of nitrogens with zero attached hydrogens (tertiary/aromatic N) is 1. The van der Waals surface area contributed by atoms with Crippen LogP contribution in [0, 0.1) is 11.8 Å². The van der Waals surface area contributed by atoms with Crippen molar-refractivity contribution in [2.75, 3.05) is 13.6 Å². The van der Waals surface area contributed by atoms with E-state index in [0.717, 1.165) is 44.3 Å². The predicted molar refractivity (Wildman–Crippen MR) is 75.4 cm³/mol. The standard InChI is InChI=1S/C14H25N3O/c1-3-13(8-9-16-2)17-14(18)12-6-4-11(10-15)5-7-12/h8-9,11-12H,3-7,10,15H2,1-2H3,(H,17,18)/b13-8+,16-9?. The van der Waals surface area contributed by atoms with Crippen molar-refractivity contribution in [3.8, 4) is 0 Å². The van der Waals surface area contributed by atoms with Gasteiger partial charge in [0.1, 0.15) is 0 Å². The van der Waals surface area contributed by atoms with E-state index in [4.69, 9.17) is 5.73 Å². The van der Waals surface area contributed by atoms with Crippen LogP contribution in [0.15, 0.2) is 16.8 Å². The second-order valence-corrected chi connectivity index (χ2v) is 4.90. The fourth-order valence-corrected chi connectivity index (χ4v) is 2.33. The normalized spacial score (nSPS) is 25.4. The van der Waals surface area contributed by atoms with Crippen LogP contribution >= 0.6 is 0 Å². The number of carbonyl (C=O) groups is 1. The van der Waals surface area contributed by atoms with E-state index < -0.39 is 0 Å². The van der Waals surface area contributed by atoms with Crippen LogP contribution in [0.2, 0.25) is 0 Å². The van der Waals surface area contributed by atoms with Gasteiger partial charge in [0.25, 0.3) is 0 Å². The van der Waals surface area contributed by atoms with Crippen LogP contribution in [0.4, 0.5) is 0 Å². The minimum atomic E-state index is 0.154. The summed E-state index contributed by atoms with van der Waals surface area (Å²) >= 11 is 0. The van der Waals surface area contributed by atoms with Crippen LogP contribution in [-0.4, -0.2) is 25.7 Å². The number of hydrogen-bond acceptors (Lipinski definition) is 3. The minimum absolute atomic E-state index is 0.154. The van der Waals surface area contributed by atoms with Gasteiger partial charge in [-0.1, -0.05) is 6.92 Å². The maximum absolute atomic E-state index is 12.1. The lowest BCUT2D eigenvalue weighted by molar-refractivity contribution is -0.125. The molecule has 1 fully saturated rings. The molecule has 0 aliphatic heterocycles. The topological polar surface area (TPSA) is 67.5 Å². The molecule has 3 N–H and O–H groups in total. The second kappa shape index (κ2) is 8.03. The summed E-state index contributed by atoms with van der Waals surface area (Å²) < 4.78 is 0. The summed E-state index contributed by atoms with van der Waals surface area (Å²) in [5, 5.41) is 3.00. The lowest BCUT2D eigenvalue weighted by atomic mass is 9.81. The number of amides is 1. The van der Waals surface area contributed by atoms with Crippen molar-refractivity contribution in [3.05, 3.63) is 11.8 Å². The number of aliphatic imine (C=N–C) groups is 1. The van der Waals surface area contributed by atoms with Gasteiger partial charge in [0, 0.05) is 24.9 Å². The summed E-state index contributed by atoms with van der Waals surface area (Å²) in [5.41, 5.74) is 6.59. The first-order chi connectivity index (χ1) is 8.71. The van der Waals surface area contributed by atoms with Gasteiger partial charge < -0.3 is 11.1 Å². The van der Waals surface area contributed by atoms with Crippen molar-refractivity contribution in [1.82, 2.24) is 5.32 Å². The molecule has 0 aromatic carbocycles. The molecule has 1 rings (SSSR count). The Balaban J connectivity index is 2.45. The Kier molecular flexibility index (Phi) is 6.65. The summed E-state index contributed by atoms with van der Waals surface area (Å²) in [6.07, 6.45) is 8.48. The Hall–Kier alpha value is -1.16. The SMILES string of the molecule is CC/C(=C\C=NC)NC(=O)C1CCC(CN)CC1. The molecule has 0 unspecified atom stereocenters. The van der Waals surface area contributed by atoms with E-state index in [1.54, 1.807) is 13.3 Å². The number of hydrogen-bond donors (Lipinski definition) is 2. The number of rotatable bonds is 5. The number of carbonyl (C=O) groups excluding carboxylic acids is 1. The molecule has 0 aromatic rings. The lowest BCUT2D eigenvalue weighted by Crippen LogP contribution is -2.33. The van der Waals surface area contributed by atoms with Crippen molar-refractivity contribution in [2.45, 2.75) is 39.0 Å². The van der Waals surface area contributed by atoms with Gasteiger partial charge >= 0.3 is 0 Å². The zero-order chi connectivity index (χ0) is 13.4. The van der Waals surface area contributed by atoms with Crippen LogP contribution in [-0.2, 0) is 4.79 Å². The third-order valence-corrected chi connectivity index (χ3v) is 3.64. The molecule has 1 aliphatic carbocycles. The Morgan fingerprint density at radius 2 is 2.06 bits per heavy atom. The van der Waals surface area contributed by atoms with E-state index in [1.807, 2.05) is 13.0 Å². The molecule has 0 aromatic heterocycles. The smallest absolute Gasteiger partial charge is 0.227 e. The van der Waals surface area contributed by atoms with E-state index in [1.165, 1.54) is 0 Å². The first-order valence-corrected chi connectivity index (χ1v) is 6.83. The van der Waals surface area contributed by atoms with Gasteiger partial charge in [0.2, 0.25) is 5.91 Å². The van der Waals surface area contributed by atoms with E-state index >= 15 is 0 Å². The van der Waals surface area contributed by atoms with Gasteiger partial charge in [-0.3, -0.25) is 9.79 Å². The molecule has 0 spiro atoms. The Morgan fingerprint density at radius 1 is 1.39 bits per heavy atom. The molecule has 1 saturated carbocycles. The highest BCUT2D eigenvalue weighted by Crippen LogP contribution is 2.28. The maximum atomic E-state index is 12.1. The van der Waals surface area contributed by atoms with Crippen LogP contribution in [0.5, 0.6) is 0 Å². The van der Waals surface area contributed by atoms with Crippen molar-refractivity contribution in [2.24, 2.45) is 22.6 Å². The highest BCUT2D eigenvalue weighted by molar-refractivity contribution is 5.82. The molecule has 4 nitrogen and oxygen atoms in total. The molecule has 4 heteroatoms. The molecule has 18 heavy (non-hydrogen) atoms. The fourth-order valence-electron chi connectivity index (χ4n) is 2.33. The first-order valence-electron chi connectivity index (χ1n) is 6.83. The van der Waals surface area contributed by atoms with Gasteiger partial charge in [-0.2, -0.15) is 0 Å². The quantitative estimate of drug-likeness (QED) is 0.732. The highest BCUT2D eigenvalue weighted by atomic mass is 16.1. The molecule has 1 aliphatic rings. The summed E-state index contributed by atoms with van der Waals surface area (Å²) in [6, 6.07) is 0. The molecule has 0 bridgehead atoms. The summed E-state index contributed by atoms with van der Waals surface area (Å²) in [7, 11) is 1.72. The summed E-state index contributed by atoms with van der Waals surface area (Å²) in [4.78, 5) is 16.0. The monoisotopic (exact) mass is 251 g/mol. The first kappa shape index (κ1) is 14.9. The number of nitrogens with two attached hydrogens (primary N) is 1. The maximum Gasteiger partial charge on any atom is 0.227 e. The van der Waals surface area contributed by atoms with Crippen LogP contribution in [0.3, 0.4) is 0 Å². The molecule has 0 radical (unpaired) electrons. The Labute approximate surface area is 110 Å². The lowest BCUT2D eigenvalue weighted by Gasteiger charge is -2.27. The minimum Gasteiger partial charge on any atom is -0.330 e. The largest absolute Gasteiger partial charge is 0.330 e. The predicted octanol–water partition coefficient (Wildman–Crippen LogP) is 1.86. The zero-order valence-corrected chi connectivity index (χ0v) is 11.5. The van der Waals surface area contributed by atoms with E-state index in [0.29, 0.717) is 5.92 Å². The van der Waals surface area contributed by atoms with Crippen LogP contribution < -0.4 is 11.1 Å². The van der Waals surface area contributed by atoms with Crippen molar-refractivity contribution >= 4 is 12.1 Å². The molecule has 0 atom stereocenters. The molecular weight excluding hydrogens is 226 g/mol. The molecular formula is C14H25N3O. The highest BCUT2D eigenvalue weighted by Gasteiger charge is 2.25. The van der Waals surface area contributed by atoms with Crippen LogP contribution in [0.1, 0.15) is 39.0 Å². The number of nitrogens with one attached hydrogen (secondary N) is 1. The molecule has 0 heterocycles. The average Bonchev–Trinajstić information content (AvgIpc) is 2.43. The third kappa shape index (κ3) is 4.61. The van der Waals surface area contributed by atoms with Crippen molar-refractivity contribution in [1.29, 1.82) is 0 Å². The Bertz CT molecular complexity index is 315. The van der Waals surface area contributed by atoms with E-state index in [-0.39, 0.29) is 11.8 Å². The third-order valence-electron chi connectivity index (χ3n) is 3.64. The van der Waals surface area contributed by atoms with Crippen molar-refractivity contribution in [3.63, 3.8) is 0 Å². The molecule has 1 amide bonds. The number of allylic oxidation sites excluding steroid dienone is 2. The fraction of sp³-hybridized carbons (Fsp3) is 0.714.